The average Bonchev–Trinajstić information content (AvgIpc) is 3.33. The van der Waals surface area contributed by atoms with Gasteiger partial charge in [-0.2, -0.15) is 0 Å². The van der Waals surface area contributed by atoms with Gasteiger partial charge in [-0.05, 0) is 52.9 Å². The van der Waals surface area contributed by atoms with Gasteiger partial charge in [0.05, 0.1) is 10.9 Å². The molecule has 4 heterocycles. The number of likely N-dealkylation sites (tertiary alicyclic amines) is 1. The van der Waals surface area contributed by atoms with Gasteiger partial charge in [0.25, 0.3) is 0 Å². The number of halogens is 2. The number of anilines is 2. The lowest BCUT2D eigenvalue weighted by molar-refractivity contribution is -0.138. The summed E-state index contributed by atoms with van der Waals surface area (Å²) in [4.78, 5) is 40.8. The molecule has 3 aromatic heterocycles. The van der Waals surface area contributed by atoms with Gasteiger partial charge in [-0.25, -0.2) is 19.3 Å². The minimum absolute atomic E-state index is 0.0105. The first-order valence-electron chi connectivity index (χ1n) is 10.8. The van der Waals surface area contributed by atoms with Crippen LogP contribution in [0.2, 0.25) is 0 Å². The Morgan fingerprint density at radius 1 is 1.18 bits per heavy atom. The van der Waals surface area contributed by atoms with E-state index in [1.807, 2.05) is 0 Å². The first-order valence-corrected chi connectivity index (χ1v) is 11.6. The monoisotopic (exact) mass is 523 g/mol. The van der Waals surface area contributed by atoms with Crippen LogP contribution < -0.4 is 11.1 Å². The van der Waals surface area contributed by atoms with E-state index in [0.717, 1.165) is 6.42 Å². The number of hydrogen-bond donors (Lipinski definition) is 2. The Labute approximate surface area is 201 Å². The van der Waals surface area contributed by atoms with E-state index >= 15 is 0 Å². The van der Waals surface area contributed by atoms with Crippen molar-refractivity contribution in [1.82, 2.24) is 24.4 Å². The topological polar surface area (TPSA) is 119 Å². The summed E-state index contributed by atoms with van der Waals surface area (Å²) in [6.07, 6.45) is 2.75. The molecule has 9 nitrogen and oxygen atoms in total. The molecule has 2 amide bonds. The molecule has 0 spiro atoms. The number of nitrogens with two attached hydrogens (primary N) is 1. The molecule has 3 N–H and O–H groups in total. The van der Waals surface area contributed by atoms with Crippen LogP contribution in [0.3, 0.4) is 0 Å². The fourth-order valence-corrected chi connectivity index (χ4v) is 5.40. The molecule has 2 aliphatic rings. The van der Waals surface area contributed by atoms with Crippen molar-refractivity contribution in [3.8, 4) is 0 Å². The lowest BCUT2D eigenvalue weighted by Gasteiger charge is -2.27. The molecule has 2 fully saturated rings. The maximum Gasteiger partial charge on any atom is 0.248 e. The van der Waals surface area contributed by atoms with E-state index in [1.54, 1.807) is 35.2 Å². The standard InChI is InChI=1S/C23H19BrFN7O2/c24-16-5-2-6-17(29-16)30-23(34)15-8-11-7-14(11)32(15)18(33)9-31-20-12(3-1-4-13(20)25)19-21(26)27-10-28-22(19)31/h1-6,10-11,14-15H,7-9H2,(H2,26,27,28)(H,29,30,34)/t11?,14-,15+/m1/s1. The minimum atomic E-state index is -0.616. The molecule has 3 atom stereocenters. The van der Waals surface area contributed by atoms with Crippen LogP contribution in [0.15, 0.2) is 47.3 Å². The van der Waals surface area contributed by atoms with Crippen molar-refractivity contribution in [3.05, 3.63) is 53.1 Å². The molecule has 34 heavy (non-hydrogen) atoms. The molecule has 1 aliphatic carbocycles. The second-order valence-electron chi connectivity index (χ2n) is 8.63. The van der Waals surface area contributed by atoms with Crippen LogP contribution in [0, 0.1) is 11.7 Å². The third-order valence-electron chi connectivity index (χ3n) is 6.59. The van der Waals surface area contributed by atoms with Crippen LogP contribution >= 0.6 is 15.9 Å². The Morgan fingerprint density at radius 2 is 2.00 bits per heavy atom. The molecule has 1 saturated heterocycles. The summed E-state index contributed by atoms with van der Waals surface area (Å²) in [6.45, 7) is -0.167. The number of piperidine rings is 1. The highest BCUT2D eigenvalue weighted by atomic mass is 79.9. The van der Waals surface area contributed by atoms with E-state index in [1.165, 1.54) is 17.0 Å². The first kappa shape index (κ1) is 21.0. The molecule has 4 aromatic rings. The summed E-state index contributed by atoms with van der Waals surface area (Å²) in [7, 11) is 0. The van der Waals surface area contributed by atoms with E-state index in [9.17, 15) is 14.0 Å². The van der Waals surface area contributed by atoms with Gasteiger partial charge in [0, 0.05) is 11.4 Å². The van der Waals surface area contributed by atoms with Crippen LogP contribution in [0.25, 0.3) is 21.9 Å². The number of para-hydroxylation sites is 1. The summed E-state index contributed by atoms with van der Waals surface area (Å²) in [5, 5.41) is 3.86. The number of hydrogen-bond acceptors (Lipinski definition) is 6. The van der Waals surface area contributed by atoms with Crippen LogP contribution in [0.5, 0.6) is 0 Å². The largest absolute Gasteiger partial charge is 0.383 e. The fourth-order valence-electron chi connectivity index (χ4n) is 5.06. The maximum atomic E-state index is 14.9. The number of nitrogens with one attached hydrogen (secondary N) is 1. The zero-order valence-corrected chi connectivity index (χ0v) is 19.4. The zero-order valence-electron chi connectivity index (χ0n) is 17.8. The van der Waals surface area contributed by atoms with Crippen molar-refractivity contribution >= 4 is 61.3 Å². The Kier molecular flexibility index (Phi) is 4.76. The van der Waals surface area contributed by atoms with E-state index in [2.05, 4.69) is 36.2 Å². The predicted octanol–water partition coefficient (Wildman–Crippen LogP) is 3.09. The van der Waals surface area contributed by atoms with Crippen molar-refractivity contribution < 1.29 is 14.0 Å². The van der Waals surface area contributed by atoms with Crippen LogP contribution in [-0.4, -0.2) is 48.3 Å². The van der Waals surface area contributed by atoms with Gasteiger partial charge in [0.2, 0.25) is 11.8 Å². The molecule has 0 radical (unpaired) electrons. The van der Waals surface area contributed by atoms with Gasteiger partial charge in [0.1, 0.15) is 46.6 Å². The maximum absolute atomic E-state index is 14.9. The average molecular weight is 524 g/mol. The van der Waals surface area contributed by atoms with Crippen molar-refractivity contribution in [2.24, 2.45) is 5.92 Å². The van der Waals surface area contributed by atoms with Crippen LogP contribution in [0.1, 0.15) is 12.8 Å². The molecular formula is C23H19BrFN7O2. The number of rotatable bonds is 4. The number of aromatic nitrogens is 4. The van der Waals surface area contributed by atoms with Gasteiger partial charge in [-0.15, -0.1) is 0 Å². The minimum Gasteiger partial charge on any atom is -0.383 e. The van der Waals surface area contributed by atoms with Gasteiger partial charge in [-0.1, -0.05) is 18.2 Å². The Morgan fingerprint density at radius 3 is 2.82 bits per heavy atom. The lowest BCUT2D eigenvalue weighted by Crippen LogP contribution is -2.46. The van der Waals surface area contributed by atoms with Gasteiger partial charge in [0.15, 0.2) is 0 Å². The number of nitrogens with zero attached hydrogens (tertiary/aromatic N) is 5. The lowest BCUT2D eigenvalue weighted by atomic mass is 10.1. The van der Waals surface area contributed by atoms with Crippen molar-refractivity contribution in [2.75, 3.05) is 11.1 Å². The summed E-state index contributed by atoms with van der Waals surface area (Å²) < 4.78 is 17.0. The molecule has 1 unspecified atom stereocenters. The Bertz CT molecular complexity index is 1490. The van der Waals surface area contributed by atoms with Crippen molar-refractivity contribution in [3.63, 3.8) is 0 Å². The van der Waals surface area contributed by atoms with Gasteiger partial charge in [-0.3, -0.25) is 9.59 Å². The smallest absolute Gasteiger partial charge is 0.248 e. The van der Waals surface area contributed by atoms with Gasteiger partial charge >= 0.3 is 0 Å². The second-order valence-corrected chi connectivity index (χ2v) is 9.44. The molecular weight excluding hydrogens is 505 g/mol. The predicted molar refractivity (Wildman–Crippen MR) is 127 cm³/mol. The van der Waals surface area contributed by atoms with Crippen LogP contribution in [-0.2, 0) is 16.1 Å². The molecule has 1 saturated carbocycles. The van der Waals surface area contributed by atoms with Crippen LogP contribution in [0.4, 0.5) is 16.0 Å². The molecule has 6 rings (SSSR count). The molecule has 1 aliphatic heterocycles. The number of carbonyl (C=O) groups excluding carboxylic acids is 2. The number of carbonyl (C=O) groups is 2. The highest BCUT2D eigenvalue weighted by Crippen LogP contribution is 2.48. The second kappa shape index (κ2) is 7.73. The third kappa shape index (κ3) is 3.30. The van der Waals surface area contributed by atoms with E-state index in [0.29, 0.717) is 39.2 Å². The summed E-state index contributed by atoms with van der Waals surface area (Å²) in [5.74, 6) is -0.123. The van der Waals surface area contributed by atoms with E-state index < -0.39 is 11.9 Å². The highest BCUT2D eigenvalue weighted by Gasteiger charge is 2.56. The molecule has 172 valence electrons. The fraction of sp³-hybridized carbons (Fsp3) is 0.261. The van der Waals surface area contributed by atoms with Crippen molar-refractivity contribution in [2.45, 2.75) is 31.5 Å². The van der Waals surface area contributed by atoms with Crippen molar-refractivity contribution in [1.29, 1.82) is 0 Å². The Balaban J connectivity index is 1.34. The number of fused-ring (bicyclic) bond motifs is 4. The summed E-state index contributed by atoms with van der Waals surface area (Å²) in [6, 6.07) is 9.27. The SMILES string of the molecule is Nc1ncnc2c1c1cccc(F)c1n2CC(=O)N1[C@@H]2CC2C[C@H]1C(=O)Nc1cccc(Br)n1. The van der Waals surface area contributed by atoms with E-state index in [4.69, 9.17) is 5.73 Å². The van der Waals surface area contributed by atoms with Gasteiger partial charge < -0.3 is 20.5 Å². The first-order chi connectivity index (χ1) is 16.4. The zero-order chi connectivity index (χ0) is 23.6. The normalized spacial score (nSPS) is 21.1. The quantitative estimate of drug-likeness (QED) is 0.396. The highest BCUT2D eigenvalue weighted by molar-refractivity contribution is 9.10. The Hall–Kier alpha value is -3.60. The number of pyridine rings is 1. The number of nitrogen functional groups attached to an aromatic ring is 1. The summed E-state index contributed by atoms with van der Waals surface area (Å²) in [5.41, 5.74) is 6.69. The molecule has 0 bridgehead atoms. The van der Waals surface area contributed by atoms with E-state index in [-0.39, 0.29) is 35.7 Å². The number of amides is 2. The molecule has 1 aromatic carbocycles. The third-order valence-corrected chi connectivity index (χ3v) is 7.03. The summed E-state index contributed by atoms with van der Waals surface area (Å²) >= 11 is 3.29. The number of benzene rings is 1. The molecule has 11 heteroatoms.